The van der Waals surface area contributed by atoms with Gasteiger partial charge in [-0.05, 0) is 36.0 Å². The minimum absolute atomic E-state index is 0.145. The predicted octanol–water partition coefficient (Wildman–Crippen LogP) is 3.97. The molecule has 0 heterocycles. The molecule has 0 aliphatic carbocycles. The van der Waals surface area contributed by atoms with Crippen LogP contribution in [0.2, 0.25) is 0 Å². The van der Waals surface area contributed by atoms with Crippen LogP contribution in [-0.4, -0.2) is 26.8 Å². The van der Waals surface area contributed by atoms with Gasteiger partial charge in [-0.25, -0.2) is 4.39 Å². The molecule has 0 fully saturated rings. The van der Waals surface area contributed by atoms with Gasteiger partial charge in [0.05, 0.1) is 6.61 Å². The number of methoxy groups -OCH3 is 1. The first-order valence-corrected chi connectivity index (χ1v) is 7.66. The zero-order valence-corrected chi connectivity index (χ0v) is 13.0. The lowest BCUT2D eigenvalue weighted by Crippen LogP contribution is -2.26. The van der Waals surface area contributed by atoms with Crippen molar-refractivity contribution in [3.05, 3.63) is 35.6 Å². The highest BCUT2D eigenvalue weighted by Crippen LogP contribution is 2.27. The summed E-state index contributed by atoms with van der Waals surface area (Å²) in [6, 6.07) is 7.02. The van der Waals surface area contributed by atoms with E-state index in [1.165, 1.54) is 18.9 Å². The summed E-state index contributed by atoms with van der Waals surface area (Å²) < 4.78 is 18.5. The van der Waals surface area contributed by atoms with Gasteiger partial charge in [0.15, 0.2) is 0 Å². The van der Waals surface area contributed by atoms with E-state index in [0.717, 1.165) is 25.1 Å². The summed E-state index contributed by atoms with van der Waals surface area (Å²) in [6.07, 6.45) is 3.47. The molecule has 0 aliphatic rings. The van der Waals surface area contributed by atoms with Crippen molar-refractivity contribution >= 4 is 0 Å². The Hall–Kier alpha value is -0.930. The number of rotatable bonds is 10. The summed E-state index contributed by atoms with van der Waals surface area (Å²) >= 11 is 0. The second-order valence-corrected chi connectivity index (χ2v) is 5.37. The molecule has 3 heteroatoms. The Kier molecular flexibility index (Phi) is 8.47. The Bertz CT molecular complexity index is 366. The van der Waals surface area contributed by atoms with Gasteiger partial charge in [0.25, 0.3) is 0 Å². The van der Waals surface area contributed by atoms with Crippen LogP contribution in [0.4, 0.5) is 4.39 Å². The van der Waals surface area contributed by atoms with E-state index in [9.17, 15) is 4.39 Å². The molecule has 114 valence electrons. The fourth-order valence-electron chi connectivity index (χ4n) is 2.57. The van der Waals surface area contributed by atoms with Crippen molar-refractivity contribution in [3.8, 4) is 0 Å². The molecule has 1 atom stereocenters. The van der Waals surface area contributed by atoms with Crippen molar-refractivity contribution in [3.63, 3.8) is 0 Å². The lowest BCUT2D eigenvalue weighted by molar-refractivity contribution is 0.198. The Balaban J connectivity index is 2.67. The van der Waals surface area contributed by atoms with Crippen LogP contribution in [0.25, 0.3) is 0 Å². The van der Waals surface area contributed by atoms with Crippen LogP contribution in [0.15, 0.2) is 24.3 Å². The standard InChI is InChI=1S/C17H28FNO/c1-4-14(5-2)11-16(13-19-9-10-20-3)15-7-6-8-17(18)12-15/h6-8,12,14,16,19H,4-5,9-11,13H2,1-3H3. The number of hydrogen-bond acceptors (Lipinski definition) is 2. The summed E-state index contributed by atoms with van der Waals surface area (Å²) in [4.78, 5) is 0. The van der Waals surface area contributed by atoms with Gasteiger partial charge in [-0.15, -0.1) is 0 Å². The number of hydrogen-bond donors (Lipinski definition) is 1. The van der Waals surface area contributed by atoms with E-state index in [2.05, 4.69) is 19.2 Å². The molecule has 0 amide bonds. The third-order valence-corrected chi connectivity index (χ3v) is 3.97. The first kappa shape index (κ1) is 17.1. The minimum Gasteiger partial charge on any atom is -0.383 e. The topological polar surface area (TPSA) is 21.3 Å². The highest BCUT2D eigenvalue weighted by Gasteiger charge is 2.16. The summed E-state index contributed by atoms with van der Waals surface area (Å²) in [5.74, 6) is 0.925. The Labute approximate surface area is 122 Å². The first-order valence-electron chi connectivity index (χ1n) is 7.66. The predicted molar refractivity (Wildman–Crippen MR) is 82.6 cm³/mol. The molecular formula is C17H28FNO. The number of benzene rings is 1. The second-order valence-electron chi connectivity index (χ2n) is 5.37. The van der Waals surface area contributed by atoms with E-state index in [4.69, 9.17) is 4.74 Å². The van der Waals surface area contributed by atoms with E-state index in [1.54, 1.807) is 19.2 Å². The molecule has 1 aromatic carbocycles. The Morgan fingerprint density at radius 1 is 1.25 bits per heavy atom. The van der Waals surface area contributed by atoms with E-state index in [-0.39, 0.29) is 5.82 Å². The van der Waals surface area contributed by atoms with Crippen molar-refractivity contribution in [2.24, 2.45) is 5.92 Å². The highest BCUT2D eigenvalue weighted by molar-refractivity contribution is 5.21. The third kappa shape index (κ3) is 6.02. The van der Waals surface area contributed by atoms with Crippen molar-refractivity contribution < 1.29 is 9.13 Å². The second kappa shape index (κ2) is 9.89. The average Bonchev–Trinajstić information content (AvgIpc) is 2.46. The van der Waals surface area contributed by atoms with Crippen molar-refractivity contribution in [1.82, 2.24) is 5.32 Å². The van der Waals surface area contributed by atoms with Gasteiger partial charge in [-0.3, -0.25) is 0 Å². The van der Waals surface area contributed by atoms with Gasteiger partial charge in [0.2, 0.25) is 0 Å². The zero-order valence-electron chi connectivity index (χ0n) is 13.0. The summed E-state index contributed by atoms with van der Waals surface area (Å²) in [6.45, 7) is 6.89. The van der Waals surface area contributed by atoms with Crippen LogP contribution in [0.1, 0.15) is 44.6 Å². The number of ether oxygens (including phenoxy) is 1. The molecule has 1 unspecified atom stereocenters. The van der Waals surface area contributed by atoms with E-state index in [1.807, 2.05) is 6.07 Å². The van der Waals surface area contributed by atoms with Gasteiger partial charge in [-0.2, -0.15) is 0 Å². The largest absolute Gasteiger partial charge is 0.383 e. The molecule has 1 aromatic rings. The monoisotopic (exact) mass is 281 g/mol. The molecule has 1 N–H and O–H groups in total. The number of nitrogens with one attached hydrogen (secondary N) is 1. The fourth-order valence-corrected chi connectivity index (χ4v) is 2.57. The molecule has 0 bridgehead atoms. The van der Waals surface area contributed by atoms with Crippen LogP contribution in [-0.2, 0) is 4.74 Å². The van der Waals surface area contributed by atoms with Crippen LogP contribution >= 0.6 is 0 Å². The molecule has 0 spiro atoms. The van der Waals surface area contributed by atoms with Gasteiger partial charge >= 0.3 is 0 Å². The van der Waals surface area contributed by atoms with E-state index < -0.39 is 0 Å². The van der Waals surface area contributed by atoms with Crippen LogP contribution in [0.3, 0.4) is 0 Å². The average molecular weight is 281 g/mol. The van der Waals surface area contributed by atoms with E-state index >= 15 is 0 Å². The van der Waals surface area contributed by atoms with Crippen LogP contribution in [0, 0.1) is 11.7 Å². The summed E-state index contributed by atoms with van der Waals surface area (Å²) in [5, 5.41) is 3.41. The van der Waals surface area contributed by atoms with Crippen LogP contribution < -0.4 is 5.32 Å². The summed E-state index contributed by atoms with van der Waals surface area (Å²) in [7, 11) is 1.70. The first-order chi connectivity index (χ1) is 9.71. The molecule has 0 saturated carbocycles. The molecule has 0 aliphatic heterocycles. The smallest absolute Gasteiger partial charge is 0.123 e. The van der Waals surface area contributed by atoms with Gasteiger partial charge < -0.3 is 10.1 Å². The third-order valence-electron chi connectivity index (χ3n) is 3.97. The van der Waals surface area contributed by atoms with Crippen LogP contribution in [0.5, 0.6) is 0 Å². The van der Waals surface area contributed by atoms with Gasteiger partial charge in [0, 0.05) is 20.2 Å². The van der Waals surface area contributed by atoms with Crippen molar-refractivity contribution in [2.75, 3.05) is 26.8 Å². The van der Waals surface area contributed by atoms with Crippen molar-refractivity contribution in [1.29, 1.82) is 0 Å². The lowest BCUT2D eigenvalue weighted by atomic mass is 9.86. The Morgan fingerprint density at radius 3 is 2.60 bits per heavy atom. The highest BCUT2D eigenvalue weighted by atomic mass is 19.1. The molecular weight excluding hydrogens is 253 g/mol. The summed E-state index contributed by atoms with van der Waals surface area (Å²) in [5.41, 5.74) is 1.10. The molecule has 0 aromatic heterocycles. The normalized spacial score (nSPS) is 12.8. The molecule has 0 saturated heterocycles. The SMILES string of the molecule is CCC(CC)CC(CNCCOC)c1cccc(F)c1. The van der Waals surface area contributed by atoms with E-state index in [0.29, 0.717) is 18.4 Å². The maximum atomic E-state index is 13.4. The maximum absolute atomic E-state index is 13.4. The Morgan fingerprint density at radius 2 is 2.00 bits per heavy atom. The van der Waals surface area contributed by atoms with Crippen molar-refractivity contribution in [2.45, 2.75) is 39.0 Å². The van der Waals surface area contributed by atoms with Gasteiger partial charge in [0.1, 0.15) is 5.82 Å². The molecule has 20 heavy (non-hydrogen) atoms. The zero-order chi connectivity index (χ0) is 14.8. The quantitative estimate of drug-likeness (QED) is 0.655. The van der Waals surface area contributed by atoms with Gasteiger partial charge in [-0.1, -0.05) is 38.8 Å². The fraction of sp³-hybridized carbons (Fsp3) is 0.647. The maximum Gasteiger partial charge on any atom is 0.123 e. The molecule has 0 radical (unpaired) electrons. The lowest BCUT2D eigenvalue weighted by Gasteiger charge is -2.23. The minimum atomic E-state index is -0.145. The molecule has 2 nitrogen and oxygen atoms in total. The molecule has 1 rings (SSSR count). The number of halogens is 1.